The molecular weight excluding hydrogens is 549 g/mol. The molecule has 0 saturated carbocycles. The number of nitrogens with one attached hydrogen (secondary N) is 1. The first kappa shape index (κ1) is 32.2. The number of ether oxygens (including phenoxy) is 1. The molecule has 2 saturated heterocycles. The molecule has 0 unspecified atom stereocenters. The Morgan fingerprint density at radius 2 is 1.90 bits per heavy atom. The molecule has 0 spiro atoms. The van der Waals surface area contributed by atoms with Gasteiger partial charge in [-0.25, -0.2) is 0 Å². The van der Waals surface area contributed by atoms with E-state index in [4.69, 9.17) is 24.2 Å². The van der Waals surface area contributed by atoms with Crippen LogP contribution in [0, 0.1) is 22.7 Å². The van der Waals surface area contributed by atoms with Crippen LogP contribution in [0.15, 0.2) is 24.4 Å². The zero-order chi connectivity index (χ0) is 31.1. The monoisotopic (exact) mass is 595 g/mol. The van der Waals surface area contributed by atoms with Gasteiger partial charge in [0.2, 0.25) is 0 Å². The molecule has 1 aromatic heterocycles. The Bertz CT molecular complexity index is 1340. The van der Waals surface area contributed by atoms with Crippen LogP contribution >= 0.6 is 0 Å². The van der Waals surface area contributed by atoms with Gasteiger partial charge in [-0.3, -0.25) is 9.48 Å². The van der Waals surface area contributed by atoms with Gasteiger partial charge in [0.15, 0.2) is 14.1 Å². The number of hydrogen-bond donors (Lipinski definition) is 2. The number of hydrogen-bond acceptors (Lipinski definition) is 8. The van der Waals surface area contributed by atoms with Crippen molar-refractivity contribution in [2.75, 3.05) is 31.7 Å². The third-order valence-electron chi connectivity index (χ3n) is 8.61. The second kappa shape index (κ2) is 11.8. The summed E-state index contributed by atoms with van der Waals surface area (Å²) in [4.78, 5) is 12.4. The molecule has 12 heteroatoms. The number of aromatic nitrogens is 2. The predicted molar refractivity (Wildman–Crippen MR) is 166 cm³/mol. The Hall–Kier alpha value is -2.69. The van der Waals surface area contributed by atoms with Crippen LogP contribution < -0.4 is 16.5 Å². The number of nitrogens with zero attached hydrogens (tertiary/aromatic N) is 3. The van der Waals surface area contributed by atoms with Crippen molar-refractivity contribution >= 4 is 38.3 Å². The Morgan fingerprint density at radius 3 is 2.50 bits per heavy atom. The van der Waals surface area contributed by atoms with Crippen molar-refractivity contribution in [3.63, 3.8) is 0 Å². The second-order valence-electron chi connectivity index (χ2n) is 14.3. The van der Waals surface area contributed by atoms with Crippen molar-refractivity contribution < 1.29 is 23.3 Å². The average molecular weight is 596 g/mol. The van der Waals surface area contributed by atoms with E-state index in [2.05, 4.69) is 78.0 Å². The molecule has 2 aliphatic heterocycles. The summed E-state index contributed by atoms with van der Waals surface area (Å²) in [5.74, 6) is -0.575. The molecule has 1 aromatic carbocycles. The number of rotatable bonds is 8. The molecule has 10 nitrogen and oxygen atoms in total. The quantitative estimate of drug-likeness (QED) is 0.414. The topological polar surface area (TPSA) is 134 Å². The van der Waals surface area contributed by atoms with Crippen LogP contribution in [0.4, 0.5) is 11.5 Å². The third kappa shape index (κ3) is 6.92. The van der Waals surface area contributed by atoms with Crippen LogP contribution in [0.1, 0.15) is 76.9 Å². The molecule has 2 fully saturated rings. The van der Waals surface area contributed by atoms with Crippen LogP contribution in [0.5, 0.6) is 0 Å². The molecule has 0 radical (unpaired) electrons. The van der Waals surface area contributed by atoms with Crippen LogP contribution in [0.3, 0.4) is 0 Å². The number of benzene rings is 1. The van der Waals surface area contributed by atoms with E-state index in [1.54, 1.807) is 10.9 Å². The summed E-state index contributed by atoms with van der Waals surface area (Å²) in [5, 5.41) is 17.6. The van der Waals surface area contributed by atoms with Gasteiger partial charge in [-0.1, -0.05) is 40.7 Å². The Kier molecular flexibility index (Phi) is 9.03. The highest BCUT2D eigenvalue weighted by molar-refractivity contribution is 6.74. The van der Waals surface area contributed by atoms with Gasteiger partial charge in [-0.2, -0.15) is 10.4 Å². The zero-order valence-electron chi connectivity index (χ0n) is 26.5. The first-order valence-electron chi connectivity index (χ1n) is 14.7. The van der Waals surface area contributed by atoms with Gasteiger partial charge in [0, 0.05) is 37.1 Å². The first-order valence-corrected chi connectivity index (χ1v) is 17.6. The SMILES string of the molecule is CC1(C)COB(c2cc(Nc3nn([C@@H]4COCC[C@H]4C#N)cc3C(N)=O)ccc2C(C)(C)O[Si](C)(C)C(C)(C)C)OC1. The van der Waals surface area contributed by atoms with Crippen LogP contribution in [-0.2, 0) is 24.1 Å². The van der Waals surface area contributed by atoms with Gasteiger partial charge >= 0.3 is 7.12 Å². The first-order chi connectivity index (χ1) is 19.4. The smallest absolute Gasteiger partial charge is 0.408 e. The highest BCUT2D eigenvalue weighted by atomic mass is 28.4. The summed E-state index contributed by atoms with van der Waals surface area (Å²) < 4.78 is 26.7. The van der Waals surface area contributed by atoms with E-state index < -0.39 is 26.9 Å². The minimum absolute atomic E-state index is 0.0334. The van der Waals surface area contributed by atoms with Crippen molar-refractivity contribution in [3.05, 3.63) is 35.5 Å². The maximum atomic E-state index is 12.4. The lowest BCUT2D eigenvalue weighted by Gasteiger charge is -2.44. The number of anilines is 2. The largest absolute Gasteiger partial charge is 0.494 e. The molecule has 228 valence electrons. The summed E-state index contributed by atoms with van der Waals surface area (Å²) in [6, 6.07) is 7.97. The number of nitriles is 1. The van der Waals surface area contributed by atoms with Crippen molar-refractivity contribution in [2.24, 2.45) is 17.1 Å². The third-order valence-corrected chi connectivity index (χ3v) is 13.2. The predicted octanol–water partition coefficient (Wildman–Crippen LogP) is 4.85. The van der Waals surface area contributed by atoms with Crippen LogP contribution in [0.2, 0.25) is 18.1 Å². The molecule has 42 heavy (non-hydrogen) atoms. The molecule has 0 bridgehead atoms. The van der Waals surface area contributed by atoms with Crippen molar-refractivity contribution in [3.8, 4) is 6.07 Å². The highest BCUT2D eigenvalue weighted by Gasteiger charge is 2.44. The minimum atomic E-state index is -2.13. The fraction of sp³-hybridized carbons (Fsp3) is 0.633. The summed E-state index contributed by atoms with van der Waals surface area (Å²) in [7, 11) is -2.71. The minimum Gasteiger partial charge on any atom is -0.408 e. The van der Waals surface area contributed by atoms with Crippen LogP contribution in [-0.4, -0.2) is 57.6 Å². The van der Waals surface area contributed by atoms with E-state index in [9.17, 15) is 10.1 Å². The van der Waals surface area contributed by atoms with E-state index in [1.165, 1.54) is 0 Å². The standard InChI is InChI=1S/C30H46BN5O5Si/c1-28(2,3)42(8,9)41-30(6,7)23-11-10-21(14-24(23)31-39-18-29(4,5)19-40-31)34-27-22(26(33)37)16-36(35-27)25-17-38-13-12-20(25)15-32/h10-11,14,16,20,25H,12-13,17-19H2,1-9H3,(H2,33,37)(H,34,35)/t20-,25+/m0/s1. The van der Waals surface area contributed by atoms with E-state index in [0.717, 1.165) is 11.0 Å². The van der Waals surface area contributed by atoms with Gasteiger partial charge in [0.05, 0.1) is 30.2 Å². The second-order valence-corrected chi connectivity index (χ2v) is 19.0. The average Bonchev–Trinajstić information content (AvgIpc) is 3.31. The summed E-state index contributed by atoms with van der Waals surface area (Å²) in [6.45, 7) is 21.6. The molecule has 3 heterocycles. The van der Waals surface area contributed by atoms with Crippen molar-refractivity contribution in [2.45, 2.75) is 84.7 Å². The lowest BCUT2D eigenvalue weighted by molar-refractivity contribution is 0.0334. The molecule has 2 aliphatic rings. The zero-order valence-corrected chi connectivity index (χ0v) is 27.5. The lowest BCUT2D eigenvalue weighted by Crippen LogP contribution is -2.52. The lowest BCUT2D eigenvalue weighted by atomic mass is 9.70. The summed E-state index contributed by atoms with van der Waals surface area (Å²) in [5.41, 5.74) is 7.78. The van der Waals surface area contributed by atoms with Crippen molar-refractivity contribution in [1.82, 2.24) is 9.78 Å². The van der Waals surface area contributed by atoms with Crippen molar-refractivity contribution in [1.29, 1.82) is 5.26 Å². The number of carbonyl (C=O) groups is 1. The van der Waals surface area contributed by atoms with Gasteiger partial charge in [0.25, 0.3) is 5.91 Å². The molecule has 0 aliphatic carbocycles. The molecular formula is C30H46BN5O5Si. The Balaban J connectivity index is 1.72. The van der Waals surface area contributed by atoms with E-state index in [-0.39, 0.29) is 28.0 Å². The maximum Gasteiger partial charge on any atom is 0.494 e. The molecule has 2 atom stereocenters. The van der Waals surface area contributed by atoms with Gasteiger partial charge in [0.1, 0.15) is 5.56 Å². The summed E-state index contributed by atoms with van der Waals surface area (Å²) in [6.07, 6.45) is 2.20. The van der Waals surface area contributed by atoms with E-state index in [0.29, 0.717) is 44.4 Å². The van der Waals surface area contributed by atoms with Gasteiger partial charge in [-0.15, -0.1) is 0 Å². The Morgan fingerprint density at radius 1 is 1.24 bits per heavy atom. The highest BCUT2D eigenvalue weighted by Crippen LogP contribution is 2.42. The summed E-state index contributed by atoms with van der Waals surface area (Å²) >= 11 is 0. The number of carbonyl (C=O) groups excluding carboxylic acids is 1. The molecule has 3 N–H and O–H groups in total. The molecule has 4 rings (SSSR count). The number of amides is 1. The fourth-order valence-corrected chi connectivity index (χ4v) is 6.90. The fourth-order valence-electron chi connectivity index (χ4n) is 5.21. The van der Waals surface area contributed by atoms with Gasteiger partial charge < -0.3 is 29.5 Å². The normalized spacial score (nSPS) is 21.6. The van der Waals surface area contributed by atoms with Crippen LogP contribution in [0.25, 0.3) is 0 Å². The maximum absolute atomic E-state index is 12.4. The number of primary amides is 1. The molecule has 2 aromatic rings. The number of nitrogens with two attached hydrogens (primary N) is 1. The van der Waals surface area contributed by atoms with Gasteiger partial charge in [-0.05, 0) is 61.6 Å². The molecule has 1 amide bonds. The van der Waals surface area contributed by atoms with E-state index >= 15 is 0 Å². The van der Waals surface area contributed by atoms with E-state index in [1.807, 2.05) is 18.2 Å². The Labute approximate surface area is 251 Å².